The average molecular weight is 680 g/mol. The second-order valence-corrected chi connectivity index (χ2v) is 12.2. The van der Waals surface area contributed by atoms with Crippen LogP contribution in [0.2, 0.25) is 0 Å². The van der Waals surface area contributed by atoms with Crippen LogP contribution in [-0.4, -0.2) is 60.4 Å². The zero-order valence-electron chi connectivity index (χ0n) is 26.2. The molecular weight excluding hydrogens is 644 g/mol. The third-order valence-electron chi connectivity index (χ3n) is 8.88. The number of nitrogens with one attached hydrogen (secondary N) is 1. The highest BCUT2D eigenvalue weighted by molar-refractivity contribution is 5.76. The monoisotopic (exact) mass is 679 g/mol. The fourth-order valence-corrected chi connectivity index (χ4v) is 6.24. The Kier molecular flexibility index (Phi) is 10.0. The van der Waals surface area contributed by atoms with Gasteiger partial charge in [0.15, 0.2) is 0 Å². The molecule has 1 saturated heterocycles. The number of rotatable bonds is 8. The van der Waals surface area contributed by atoms with Gasteiger partial charge >= 0.3 is 24.4 Å². The van der Waals surface area contributed by atoms with E-state index in [0.717, 1.165) is 5.57 Å². The van der Waals surface area contributed by atoms with Crippen LogP contribution >= 0.6 is 0 Å². The first-order chi connectivity index (χ1) is 22.6. The molecule has 258 valence electrons. The predicted octanol–water partition coefficient (Wildman–Crippen LogP) is 6.64. The average Bonchev–Trinajstić information content (AvgIpc) is 3.68. The highest BCUT2D eigenvalue weighted by atomic mass is 19.4. The van der Waals surface area contributed by atoms with Gasteiger partial charge in [-0.3, -0.25) is 9.48 Å². The van der Waals surface area contributed by atoms with Crippen molar-refractivity contribution in [3.05, 3.63) is 71.4 Å². The summed E-state index contributed by atoms with van der Waals surface area (Å²) in [7, 11) is 1.73. The maximum Gasteiger partial charge on any atom is 0.416 e. The third kappa shape index (κ3) is 8.08. The largest absolute Gasteiger partial charge is 0.481 e. The zero-order valence-corrected chi connectivity index (χ0v) is 26.2. The summed E-state index contributed by atoms with van der Waals surface area (Å²) in [6, 6.07) is 0.212. The lowest BCUT2D eigenvalue weighted by Crippen LogP contribution is -2.43. The zero-order chi connectivity index (χ0) is 34.8. The molecule has 0 bridgehead atoms. The lowest BCUT2D eigenvalue weighted by atomic mass is 9.86. The molecule has 1 aromatic carbocycles. The Morgan fingerprint density at radius 3 is 2.15 bits per heavy atom. The van der Waals surface area contributed by atoms with Gasteiger partial charge in [0.2, 0.25) is 5.95 Å². The van der Waals surface area contributed by atoms with E-state index in [1.54, 1.807) is 40.1 Å². The number of benzene rings is 1. The molecule has 5 rings (SSSR count). The van der Waals surface area contributed by atoms with Crippen molar-refractivity contribution in [3.63, 3.8) is 0 Å². The van der Waals surface area contributed by atoms with Crippen LogP contribution in [0.1, 0.15) is 62.1 Å². The number of aliphatic carboxylic acids is 1. The van der Waals surface area contributed by atoms with Gasteiger partial charge in [0, 0.05) is 62.1 Å². The quantitative estimate of drug-likeness (QED) is 0.257. The number of carboxylic acid groups (broad SMARTS) is 1. The van der Waals surface area contributed by atoms with Gasteiger partial charge in [-0.25, -0.2) is 14.8 Å². The van der Waals surface area contributed by atoms with Crippen molar-refractivity contribution >= 4 is 17.9 Å². The van der Waals surface area contributed by atoms with E-state index in [1.165, 1.54) is 12.4 Å². The minimum atomic E-state index is -5.01. The van der Waals surface area contributed by atoms with Crippen molar-refractivity contribution in [1.29, 1.82) is 0 Å². The SMILES string of the molecule is CC[C@@H]1C[C@H](N(Cc2cc(C(F)(F)F)cc(C(F)(F)F)c2)c2ncc(-c3cnn(C)c3)cn2)CN1C(=O)NC=C1CCC(C(=O)O)CC1. The predicted molar refractivity (Wildman–Crippen MR) is 162 cm³/mol. The fourth-order valence-electron chi connectivity index (χ4n) is 6.24. The maximum atomic E-state index is 13.7. The smallest absolute Gasteiger partial charge is 0.416 e. The van der Waals surface area contributed by atoms with Gasteiger partial charge in [-0.2, -0.15) is 31.4 Å². The molecule has 2 aromatic heterocycles. The topological polar surface area (TPSA) is 116 Å². The van der Waals surface area contributed by atoms with Gasteiger partial charge in [-0.1, -0.05) is 12.5 Å². The van der Waals surface area contributed by atoms with Crippen LogP contribution in [0, 0.1) is 5.92 Å². The number of aryl methyl sites for hydroxylation is 1. The van der Waals surface area contributed by atoms with E-state index < -0.39 is 47.4 Å². The molecule has 2 N–H and O–H groups in total. The lowest BCUT2D eigenvalue weighted by molar-refractivity contribution is -0.144. The Balaban J connectivity index is 1.43. The van der Waals surface area contributed by atoms with Crippen LogP contribution in [0.3, 0.4) is 0 Å². The molecule has 2 fully saturated rings. The van der Waals surface area contributed by atoms with Crippen LogP contribution in [0.5, 0.6) is 0 Å². The normalized spacial score (nSPS) is 20.1. The summed E-state index contributed by atoms with van der Waals surface area (Å²) in [5, 5.41) is 16.2. The van der Waals surface area contributed by atoms with Crippen LogP contribution < -0.4 is 10.2 Å². The summed E-state index contributed by atoms with van der Waals surface area (Å²) in [6.07, 6.45) is 0.830. The number of halogens is 6. The molecule has 3 heterocycles. The number of aromatic nitrogens is 4. The summed E-state index contributed by atoms with van der Waals surface area (Å²) in [5.41, 5.74) is -0.861. The van der Waals surface area contributed by atoms with Crippen LogP contribution in [-0.2, 0) is 30.7 Å². The van der Waals surface area contributed by atoms with Crippen LogP contribution in [0.25, 0.3) is 11.1 Å². The second-order valence-electron chi connectivity index (χ2n) is 12.2. The number of nitrogens with zero attached hydrogens (tertiary/aromatic N) is 6. The molecule has 1 aliphatic heterocycles. The number of hydrogen-bond donors (Lipinski definition) is 2. The van der Waals surface area contributed by atoms with Crippen molar-refractivity contribution in [2.45, 2.75) is 76.4 Å². The van der Waals surface area contributed by atoms with Gasteiger partial charge < -0.3 is 20.2 Å². The Morgan fingerprint density at radius 1 is 1.00 bits per heavy atom. The molecule has 2 amide bonds. The van der Waals surface area contributed by atoms with Gasteiger partial charge in [0.1, 0.15) is 0 Å². The van der Waals surface area contributed by atoms with Crippen LogP contribution in [0.4, 0.5) is 37.1 Å². The standard InChI is InChI=1S/C32H35F6N7O3/c1-3-26-11-27(18-45(26)30(48)41-12-19-4-6-21(7-5-19)28(46)47)44(29-39-13-22(14-40-29)23-15-42-43(2)17-23)16-20-8-24(31(33,34)35)10-25(9-20)32(36,37)38/h8-10,12-15,17,21,26-27H,3-7,11,16,18H2,1-2H3,(H,41,48)(H,46,47)/t21?,26-,27+/m1/s1. The summed E-state index contributed by atoms with van der Waals surface area (Å²) in [6.45, 7) is 1.60. The number of anilines is 1. The first-order valence-corrected chi connectivity index (χ1v) is 15.5. The molecule has 2 atom stereocenters. The molecule has 2 aliphatic rings. The van der Waals surface area contributed by atoms with Crippen LogP contribution in [0.15, 0.2) is 54.8 Å². The number of carbonyl (C=O) groups excluding carboxylic acids is 1. The Bertz CT molecular complexity index is 1610. The number of urea groups is 1. The van der Waals surface area contributed by atoms with Crippen molar-refractivity contribution in [2.24, 2.45) is 13.0 Å². The molecule has 1 aliphatic carbocycles. The number of likely N-dealkylation sites (tertiary alicyclic amines) is 1. The van der Waals surface area contributed by atoms with E-state index in [-0.39, 0.29) is 36.7 Å². The summed E-state index contributed by atoms with van der Waals surface area (Å²) in [4.78, 5) is 36.7. The third-order valence-corrected chi connectivity index (χ3v) is 8.88. The number of carboxylic acids is 1. The lowest BCUT2D eigenvalue weighted by Gasteiger charge is -2.30. The summed E-state index contributed by atoms with van der Waals surface area (Å²) < 4.78 is 83.8. The van der Waals surface area contributed by atoms with E-state index in [9.17, 15) is 41.0 Å². The Labute approximate surface area is 272 Å². The second kappa shape index (κ2) is 13.8. The van der Waals surface area contributed by atoms with E-state index >= 15 is 0 Å². The van der Waals surface area contributed by atoms with Crippen molar-refractivity contribution in [1.82, 2.24) is 30.0 Å². The first-order valence-electron chi connectivity index (χ1n) is 15.5. The molecule has 0 radical (unpaired) electrons. The summed E-state index contributed by atoms with van der Waals surface area (Å²) in [5.74, 6) is -1.18. The molecule has 3 aromatic rings. The highest BCUT2D eigenvalue weighted by Gasteiger charge is 2.40. The molecule has 48 heavy (non-hydrogen) atoms. The molecule has 0 spiro atoms. The highest BCUT2D eigenvalue weighted by Crippen LogP contribution is 2.38. The van der Waals surface area contributed by atoms with E-state index in [4.69, 9.17) is 0 Å². The number of alkyl halides is 6. The van der Waals surface area contributed by atoms with Crippen molar-refractivity contribution < 1.29 is 41.0 Å². The van der Waals surface area contributed by atoms with Gasteiger partial charge in [-0.05, 0) is 62.3 Å². The molecule has 1 saturated carbocycles. The number of amides is 2. The van der Waals surface area contributed by atoms with Crippen molar-refractivity contribution in [3.8, 4) is 11.1 Å². The van der Waals surface area contributed by atoms with E-state index in [2.05, 4.69) is 20.4 Å². The van der Waals surface area contributed by atoms with Crippen molar-refractivity contribution in [2.75, 3.05) is 11.4 Å². The molecule has 10 nitrogen and oxygen atoms in total. The minimum Gasteiger partial charge on any atom is -0.481 e. The number of hydrogen-bond acceptors (Lipinski definition) is 6. The van der Waals surface area contributed by atoms with Gasteiger partial charge in [-0.15, -0.1) is 0 Å². The van der Waals surface area contributed by atoms with Gasteiger partial charge in [0.25, 0.3) is 0 Å². The Morgan fingerprint density at radius 2 is 1.62 bits per heavy atom. The minimum absolute atomic E-state index is 0.0769. The van der Waals surface area contributed by atoms with Gasteiger partial charge in [0.05, 0.1) is 29.3 Å². The van der Waals surface area contributed by atoms with E-state index in [1.807, 2.05) is 6.92 Å². The molecular formula is C32H35F6N7O3. The Hall–Kier alpha value is -4.63. The summed E-state index contributed by atoms with van der Waals surface area (Å²) >= 11 is 0. The maximum absolute atomic E-state index is 13.7. The number of allylic oxidation sites excluding steroid dienone is 1. The fraction of sp³-hybridized carbons (Fsp3) is 0.469. The number of carbonyl (C=O) groups is 2. The molecule has 16 heteroatoms. The molecule has 0 unspecified atom stereocenters. The van der Waals surface area contributed by atoms with E-state index in [0.29, 0.717) is 61.8 Å². The first kappa shape index (κ1) is 34.7.